The van der Waals surface area contributed by atoms with Crippen molar-refractivity contribution in [2.75, 3.05) is 34.3 Å². The Hall–Kier alpha value is -1.90. The third-order valence-corrected chi connectivity index (χ3v) is 3.44. The Labute approximate surface area is 145 Å². The van der Waals surface area contributed by atoms with Gasteiger partial charge in [-0.3, -0.25) is 4.79 Å². The molecule has 1 aromatic carbocycles. The zero-order chi connectivity index (χ0) is 16.1. The summed E-state index contributed by atoms with van der Waals surface area (Å²) < 4.78 is 6.72. The van der Waals surface area contributed by atoms with Crippen LogP contribution in [0.4, 0.5) is 0 Å². The Kier molecular flexibility index (Phi) is 7.21. The lowest BCUT2D eigenvalue weighted by Crippen LogP contribution is -2.33. The maximum Gasteiger partial charge on any atom is 0.257 e. The number of methoxy groups -OCH3 is 1. The largest absolute Gasteiger partial charge is 0.496 e. The highest BCUT2D eigenvalue weighted by Gasteiger charge is 2.20. The fourth-order valence-electron chi connectivity index (χ4n) is 1.91. The van der Waals surface area contributed by atoms with Gasteiger partial charge in [0.15, 0.2) is 0 Å². The molecular weight excluding hydrogens is 343 g/mol. The van der Waals surface area contributed by atoms with Gasteiger partial charge in [0.05, 0.1) is 23.4 Å². The first-order valence-electron chi connectivity index (χ1n) is 6.59. The third kappa shape index (κ3) is 4.31. The van der Waals surface area contributed by atoms with Gasteiger partial charge in [-0.15, -0.1) is 17.5 Å². The average Bonchev–Trinajstić information content (AvgIpc) is 3.05. The standard InChI is InChI=1S/C13H17ClN6O2.ClH/c1-15-4-5-19(2)13(21)9-6-10(14)11(7-12(9)22-3)20-8-16-17-18-20;/h6-8,15H,4-5H2,1-3H3;1H. The van der Waals surface area contributed by atoms with E-state index in [-0.39, 0.29) is 18.3 Å². The molecule has 1 aromatic heterocycles. The van der Waals surface area contributed by atoms with Gasteiger partial charge < -0.3 is 15.0 Å². The van der Waals surface area contributed by atoms with Crippen molar-refractivity contribution in [1.82, 2.24) is 30.4 Å². The number of amides is 1. The Morgan fingerprint density at radius 3 is 2.78 bits per heavy atom. The lowest BCUT2D eigenvalue weighted by Gasteiger charge is -2.19. The number of halogens is 2. The molecule has 0 aliphatic rings. The summed E-state index contributed by atoms with van der Waals surface area (Å²) in [5.74, 6) is 0.244. The molecule has 2 aromatic rings. The van der Waals surface area contributed by atoms with Gasteiger partial charge in [-0.05, 0) is 23.5 Å². The van der Waals surface area contributed by atoms with E-state index in [1.54, 1.807) is 24.1 Å². The highest BCUT2D eigenvalue weighted by Crippen LogP contribution is 2.30. The molecule has 0 saturated heterocycles. The van der Waals surface area contributed by atoms with Crippen molar-refractivity contribution in [2.24, 2.45) is 0 Å². The Morgan fingerprint density at radius 2 is 2.22 bits per heavy atom. The van der Waals surface area contributed by atoms with E-state index in [2.05, 4.69) is 20.8 Å². The highest BCUT2D eigenvalue weighted by atomic mass is 35.5. The van der Waals surface area contributed by atoms with Crippen molar-refractivity contribution in [1.29, 1.82) is 0 Å². The van der Waals surface area contributed by atoms with Crippen molar-refractivity contribution >= 4 is 29.9 Å². The van der Waals surface area contributed by atoms with Crippen LogP contribution in [0.3, 0.4) is 0 Å². The number of carbonyl (C=O) groups excluding carboxylic acids is 1. The van der Waals surface area contributed by atoms with Gasteiger partial charge in [-0.1, -0.05) is 11.6 Å². The van der Waals surface area contributed by atoms with Crippen LogP contribution in [0.15, 0.2) is 18.5 Å². The van der Waals surface area contributed by atoms with Crippen molar-refractivity contribution in [2.45, 2.75) is 0 Å². The van der Waals surface area contributed by atoms with Gasteiger partial charge in [0.25, 0.3) is 5.91 Å². The van der Waals surface area contributed by atoms with Crippen molar-refractivity contribution in [3.05, 3.63) is 29.0 Å². The molecule has 1 amide bonds. The smallest absolute Gasteiger partial charge is 0.257 e. The second-order valence-electron chi connectivity index (χ2n) is 4.59. The second-order valence-corrected chi connectivity index (χ2v) is 5.00. The summed E-state index contributed by atoms with van der Waals surface area (Å²) in [5, 5.41) is 14.3. The maximum atomic E-state index is 12.5. The van der Waals surface area contributed by atoms with Crippen LogP contribution in [0.25, 0.3) is 5.69 Å². The third-order valence-electron chi connectivity index (χ3n) is 3.14. The zero-order valence-corrected chi connectivity index (χ0v) is 14.6. The predicted octanol–water partition coefficient (Wildman–Crippen LogP) is 1.04. The number of nitrogens with one attached hydrogen (secondary N) is 1. The molecule has 0 spiro atoms. The number of likely N-dealkylation sites (N-methyl/N-ethyl adjacent to an activating group) is 2. The van der Waals surface area contributed by atoms with Crippen LogP contribution in [0.2, 0.25) is 5.02 Å². The highest BCUT2D eigenvalue weighted by molar-refractivity contribution is 6.33. The molecule has 0 fully saturated rings. The average molecular weight is 361 g/mol. The predicted molar refractivity (Wildman–Crippen MR) is 88.9 cm³/mol. The summed E-state index contributed by atoms with van der Waals surface area (Å²) in [6.45, 7) is 1.27. The number of benzene rings is 1. The van der Waals surface area contributed by atoms with Gasteiger partial charge in [-0.25, -0.2) is 0 Å². The number of tetrazole rings is 1. The number of hydrogen-bond donors (Lipinski definition) is 1. The summed E-state index contributed by atoms with van der Waals surface area (Å²) in [7, 11) is 5.05. The molecule has 0 unspecified atom stereocenters. The van der Waals surface area contributed by atoms with Crippen molar-refractivity contribution in [3.63, 3.8) is 0 Å². The van der Waals surface area contributed by atoms with E-state index in [9.17, 15) is 4.79 Å². The van der Waals surface area contributed by atoms with Crippen LogP contribution in [0.5, 0.6) is 5.75 Å². The molecule has 1 N–H and O–H groups in total. The van der Waals surface area contributed by atoms with E-state index in [4.69, 9.17) is 16.3 Å². The van der Waals surface area contributed by atoms with Crippen LogP contribution in [-0.2, 0) is 0 Å². The minimum absolute atomic E-state index is 0. The molecule has 8 nitrogen and oxygen atoms in total. The normalized spacial score (nSPS) is 10.1. The molecule has 1 heterocycles. The number of carbonyl (C=O) groups is 1. The molecule has 0 atom stereocenters. The van der Waals surface area contributed by atoms with E-state index in [0.717, 1.165) is 0 Å². The summed E-state index contributed by atoms with van der Waals surface area (Å²) >= 11 is 6.25. The molecule has 10 heteroatoms. The lowest BCUT2D eigenvalue weighted by atomic mass is 10.1. The summed E-state index contributed by atoms with van der Waals surface area (Å²) in [4.78, 5) is 14.1. The Morgan fingerprint density at radius 1 is 1.48 bits per heavy atom. The quantitative estimate of drug-likeness (QED) is 0.828. The molecular formula is C13H18Cl2N6O2. The SMILES string of the molecule is CNCCN(C)C(=O)c1cc(Cl)c(-n2cnnn2)cc1OC.Cl. The number of hydrogen-bond acceptors (Lipinski definition) is 6. The molecule has 0 bridgehead atoms. The molecule has 0 aliphatic heterocycles. The molecule has 23 heavy (non-hydrogen) atoms. The van der Waals surface area contributed by atoms with Crippen LogP contribution in [0, 0.1) is 0 Å². The minimum atomic E-state index is -0.169. The Bertz CT molecular complexity index is 650. The monoisotopic (exact) mass is 360 g/mol. The Balaban J connectivity index is 0.00000264. The maximum absolute atomic E-state index is 12.5. The first-order chi connectivity index (χ1) is 10.6. The van der Waals surface area contributed by atoms with E-state index in [1.165, 1.54) is 18.1 Å². The zero-order valence-electron chi connectivity index (χ0n) is 13.0. The lowest BCUT2D eigenvalue weighted by molar-refractivity contribution is 0.0793. The molecule has 0 saturated carbocycles. The van der Waals surface area contributed by atoms with Crippen LogP contribution >= 0.6 is 24.0 Å². The fraction of sp³-hybridized carbons (Fsp3) is 0.385. The summed E-state index contributed by atoms with van der Waals surface area (Å²) in [6, 6.07) is 3.20. The van der Waals surface area contributed by atoms with E-state index in [1.807, 2.05) is 7.05 Å². The van der Waals surface area contributed by atoms with Crippen molar-refractivity contribution < 1.29 is 9.53 Å². The van der Waals surface area contributed by atoms with Crippen LogP contribution < -0.4 is 10.1 Å². The summed E-state index contributed by atoms with van der Waals surface area (Å²) in [6.07, 6.45) is 1.42. The molecule has 126 valence electrons. The number of aromatic nitrogens is 4. The number of ether oxygens (including phenoxy) is 1. The van der Waals surface area contributed by atoms with E-state index in [0.29, 0.717) is 35.1 Å². The second kappa shape index (κ2) is 8.66. The van der Waals surface area contributed by atoms with Crippen molar-refractivity contribution in [3.8, 4) is 11.4 Å². The van der Waals surface area contributed by atoms with Crippen LogP contribution in [0.1, 0.15) is 10.4 Å². The fourth-order valence-corrected chi connectivity index (χ4v) is 2.16. The number of rotatable bonds is 6. The minimum Gasteiger partial charge on any atom is -0.496 e. The van der Waals surface area contributed by atoms with Gasteiger partial charge in [0.1, 0.15) is 12.1 Å². The van der Waals surface area contributed by atoms with Crippen LogP contribution in [-0.4, -0.2) is 65.3 Å². The molecule has 0 aliphatic carbocycles. The van der Waals surface area contributed by atoms with Gasteiger partial charge in [0.2, 0.25) is 0 Å². The molecule has 0 radical (unpaired) electrons. The number of nitrogens with zero attached hydrogens (tertiary/aromatic N) is 5. The topological polar surface area (TPSA) is 85.2 Å². The first-order valence-corrected chi connectivity index (χ1v) is 6.97. The summed E-state index contributed by atoms with van der Waals surface area (Å²) in [5.41, 5.74) is 0.931. The first kappa shape index (κ1) is 19.1. The van der Waals surface area contributed by atoms with Gasteiger partial charge in [0, 0.05) is 26.2 Å². The van der Waals surface area contributed by atoms with Gasteiger partial charge >= 0.3 is 0 Å². The van der Waals surface area contributed by atoms with E-state index < -0.39 is 0 Å². The van der Waals surface area contributed by atoms with E-state index >= 15 is 0 Å². The molecule has 2 rings (SSSR count). The van der Waals surface area contributed by atoms with Gasteiger partial charge in [-0.2, -0.15) is 4.68 Å².